The molecule has 0 spiro atoms. The number of hydrogen-bond donors (Lipinski definition) is 2. The average Bonchev–Trinajstić information content (AvgIpc) is 2.72. The van der Waals surface area contributed by atoms with Crippen LogP contribution in [0.3, 0.4) is 0 Å². The fourth-order valence-corrected chi connectivity index (χ4v) is 6.12. The number of nitrogens with one attached hydrogen (secondary N) is 1. The molecule has 0 saturated heterocycles. The van der Waals surface area contributed by atoms with Crippen LogP contribution in [0.5, 0.6) is 0 Å². The van der Waals surface area contributed by atoms with E-state index >= 15 is 0 Å². The number of nitrogens with zero attached hydrogens (tertiary/aromatic N) is 2. The summed E-state index contributed by atoms with van der Waals surface area (Å²) in [6.45, 7) is 2.07. The van der Waals surface area contributed by atoms with E-state index in [1.54, 1.807) is 0 Å². The fraction of sp³-hybridized carbons (Fsp3) is 0.824. The lowest BCUT2D eigenvalue weighted by molar-refractivity contribution is -0.0740. The molecular formula is C17H28N4. The van der Waals surface area contributed by atoms with Crippen LogP contribution in [-0.4, -0.2) is 15.8 Å². The van der Waals surface area contributed by atoms with Crippen molar-refractivity contribution in [1.29, 1.82) is 0 Å². The molecule has 1 atom stereocenters. The van der Waals surface area contributed by atoms with Crippen molar-refractivity contribution in [2.24, 2.45) is 36.1 Å². The Bertz CT molecular complexity index is 498. The fourth-order valence-electron chi connectivity index (χ4n) is 6.12. The molecule has 4 bridgehead atoms. The monoisotopic (exact) mass is 288 g/mol. The van der Waals surface area contributed by atoms with Gasteiger partial charge in [0.1, 0.15) is 0 Å². The quantitative estimate of drug-likeness (QED) is 0.660. The Balaban J connectivity index is 1.59. The van der Waals surface area contributed by atoms with E-state index in [2.05, 4.69) is 30.6 Å². The Labute approximate surface area is 127 Å². The van der Waals surface area contributed by atoms with Crippen molar-refractivity contribution >= 4 is 0 Å². The summed E-state index contributed by atoms with van der Waals surface area (Å²) in [7, 11) is 2.05. The highest BCUT2D eigenvalue weighted by Crippen LogP contribution is 2.61. The van der Waals surface area contributed by atoms with Crippen LogP contribution in [0.15, 0.2) is 6.07 Å². The van der Waals surface area contributed by atoms with E-state index in [0.29, 0.717) is 11.5 Å². The highest BCUT2D eigenvalue weighted by atomic mass is 15.3. The lowest BCUT2D eigenvalue weighted by Gasteiger charge is -2.59. The zero-order valence-electron chi connectivity index (χ0n) is 13.3. The van der Waals surface area contributed by atoms with Crippen LogP contribution < -0.4 is 11.3 Å². The second kappa shape index (κ2) is 4.82. The lowest BCUT2D eigenvalue weighted by Crippen LogP contribution is -2.58. The number of rotatable bonds is 4. The molecule has 4 fully saturated rings. The first-order valence-corrected chi connectivity index (χ1v) is 8.53. The second-order valence-electron chi connectivity index (χ2n) is 8.10. The maximum absolute atomic E-state index is 6.02. The molecule has 0 radical (unpaired) electrons. The topological polar surface area (TPSA) is 55.9 Å². The first-order chi connectivity index (χ1) is 10.1. The largest absolute Gasteiger partial charge is 0.272 e. The number of aryl methyl sites for hydroxylation is 2. The zero-order chi connectivity index (χ0) is 14.6. The minimum absolute atomic E-state index is 0.403. The summed E-state index contributed by atoms with van der Waals surface area (Å²) in [6, 6.07) is 2.62. The van der Waals surface area contributed by atoms with Crippen molar-refractivity contribution in [3.05, 3.63) is 17.5 Å². The summed E-state index contributed by atoms with van der Waals surface area (Å²) >= 11 is 0. The van der Waals surface area contributed by atoms with E-state index in [4.69, 9.17) is 5.84 Å². The van der Waals surface area contributed by atoms with Crippen molar-refractivity contribution in [2.75, 3.05) is 0 Å². The van der Waals surface area contributed by atoms with Crippen LogP contribution in [-0.2, 0) is 13.5 Å². The van der Waals surface area contributed by atoms with Crippen LogP contribution in [0.1, 0.15) is 49.9 Å². The molecule has 1 heterocycles. The summed E-state index contributed by atoms with van der Waals surface area (Å²) in [5.74, 6) is 8.94. The first kappa shape index (κ1) is 13.8. The van der Waals surface area contributed by atoms with Crippen LogP contribution in [0, 0.1) is 30.1 Å². The van der Waals surface area contributed by atoms with E-state index in [9.17, 15) is 0 Å². The molecule has 0 aromatic carbocycles. The third-order valence-corrected chi connectivity index (χ3v) is 6.54. The van der Waals surface area contributed by atoms with E-state index in [1.807, 2.05) is 4.68 Å². The van der Waals surface area contributed by atoms with E-state index in [0.717, 1.165) is 29.9 Å². The van der Waals surface area contributed by atoms with Gasteiger partial charge in [0.05, 0.1) is 5.69 Å². The summed E-state index contributed by atoms with van der Waals surface area (Å²) in [5, 5.41) is 4.49. The van der Waals surface area contributed by atoms with Gasteiger partial charge in [0.2, 0.25) is 0 Å². The van der Waals surface area contributed by atoms with Crippen molar-refractivity contribution in [2.45, 2.75) is 57.9 Å². The van der Waals surface area contributed by atoms with Crippen molar-refractivity contribution in [3.8, 4) is 0 Å². The number of aromatic nitrogens is 2. The van der Waals surface area contributed by atoms with Gasteiger partial charge in [-0.2, -0.15) is 5.10 Å². The predicted octanol–water partition coefficient (Wildman–Crippen LogP) is 2.32. The smallest absolute Gasteiger partial charge is 0.0596 e. The first-order valence-electron chi connectivity index (χ1n) is 8.53. The van der Waals surface area contributed by atoms with Crippen LogP contribution in [0.25, 0.3) is 0 Å². The maximum Gasteiger partial charge on any atom is 0.0596 e. The van der Waals surface area contributed by atoms with Gasteiger partial charge in [-0.15, -0.1) is 0 Å². The Hall–Kier alpha value is -0.870. The molecule has 1 unspecified atom stereocenters. The molecule has 116 valence electrons. The van der Waals surface area contributed by atoms with Gasteiger partial charge in [-0.05, 0) is 74.7 Å². The Morgan fingerprint density at radius 2 is 1.86 bits per heavy atom. The van der Waals surface area contributed by atoms with Gasteiger partial charge in [0, 0.05) is 25.2 Å². The van der Waals surface area contributed by atoms with Crippen molar-refractivity contribution < 1.29 is 0 Å². The molecule has 1 aromatic heterocycles. The Morgan fingerprint density at radius 3 is 2.29 bits per heavy atom. The van der Waals surface area contributed by atoms with Crippen LogP contribution in [0.2, 0.25) is 0 Å². The molecule has 1 aromatic rings. The standard InChI is InChI=1S/C17H28N4/c1-11-3-15(21(2)20-11)7-16(19-18)17-8-12-4-13(9-17)6-14(5-12)10-17/h3,12-14,16,19H,4-10,18H2,1-2H3. The minimum Gasteiger partial charge on any atom is -0.272 e. The maximum atomic E-state index is 6.02. The molecule has 4 aliphatic rings. The molecule has 4 nitrogen and oxygen atoms in total. The van der Waals surface area contributed by atoms with Gasteiger partial charge in [0.15, 0.2) is 0 Å². The SMILES string of the molecule is Cc1cc(CC(NN)C23CC4CC(CC(C4)C2)C3)n(C)n1. The number of nitrogens with two attached hydrogens (primary N) is 1. The van der Waals surface area contributed by atoms with Gasteiger partial charge in [-0.25, -0.2) is 0 Å². The van der Waals surface area contributed by atoms with Crippen molar-refractivity contribution in [3.63, 3.8) is 0 Å². The third kappa shape index (κ3) is 2.23. The molecule has 21 heavy (non-hydrogen) atoms. The van der Waals surface area contributed by atoms with E-state index in [-0.39, 0.29) is 0 Å². The van der Waals surface area contributed by atoms with E-state index < -0.39 is 0 Å². The minimum atomic E-state index is 0.403. The highest BCUT2D eigenvalue weighted by molar-refractivity contribution is 5.14. The molecule has 3 N–H and O–H groups in total. The van der Waals surface area contributed by atoms with Crippen molar-refractivity contribution in [1.82, 2.24) is 15.2 Å². The molecule has 0 aliphatic heterocycles. The summed E-state index contributed by atoms with van der Waals surface area (Å²) < 4.78 is 2.03. The highest BCUT2D eigenvalue weighted by Gasteiger charge is 2.53. The molecular weight excluding hydrogens is 260 g/mol. The zero-order valence-corrected chi connectivity index (χ0v) is 13.3. The summed E-state index contributed by atoms with van der Waals surface area (Å²) in [6.07, 6.45) is 9.66. The number of hydrazine groups is 1. The molecule has 0 amide bonds. The van der Waals surface area contributed by atoms with Gasteiger partial charge >= 0.3 is 0 Å². The van der Waals surface area contributed by atoms with Gasteiger partial charge in [0.25, 0.3) is 0 Å². The molecule has 4 aliphatic carbocycles. The second-order valence-corrected chi connectivity index (χ2v) is 8.10. The number of hydrogen-bond acceptors (Lipinski definition) is 3. The van der Waals surface area contributed by atoms with Gasteiger partial charge < -0.3 is 0 Å². The third-order valence-electron chi connectivity index (χ3n) is 6.54. The molecule has 5 rings (SSSR count). The van der Waals surface area contributed by atoms with Gasteiger partial charge in [-0.3, -0.25) is 16.0 Å². The van der Waals surface area contributed by atoms with Crippen LogP contribution >= 0.6 is 0 Å². The predicted molar refractivity (Wildman–Crippen MR) is 83.4 cm³/mol. The van der Waals surface area contributed by atoms with Crippen LogP contribution in [0.4, 0.5) is 0 Å². The summed E-state index contributed by atoms with van der Waals surface area (Å²) in [5.41, 5.74) is 6.07. The van der Waals surface area contributed by atoms with E-state index in [1.165, 1.54) is 44.2 Å². The average molecular weight is 288 g/mol. The van der Waals surface area contributed by atoms with Gasteiger partial charge in [-0.1, -0.05) is 0 Å². The molecule has 4 heteroatoms. The Morgan fingerprint density at radius 1 is 1.29 bits per heavy atom. The summed E-state index contributed by atoms with van der Waals surface area (Å²) in [4.78, 5) is 0. The lowest BCUT2D eigenvalue weighted by atomic mass is 9.47. The normalized spacial score (nSPS) is 38.9. The Kier molecular flexibility index (Phi) is 3.16. The molecule has 4 saturated carbocycles.